The molecule has 1 aromatic carbocycles. The van der Waals surface area contributed by atoms with Crippen LogP contribution in [0.15, 0.2) is 47.6 Å². The molecule has 2 aromatic rings. The van der Waals surface area contributed by atoms with E-state index in [1.807, 2.05) is 0 Å². The fraction of sp³-hybridized carbons (Fsp3) is 0.154. The van der Waals surface area contributed by atoms with Crippen molar-refractivity contribution in [2.75, 3.05) is 5.32 Å². The van der Waals surface area contributed by atoms with Crippen molar-refractivity contribution in [1.29, 1.82) is 0 Å². The van der Waals surface area contributed by atoms with E-state index in [-0.39, 0.29) is 17.3 Å². The van der Waals surface area contributed by atoms with Gasteiger partial charge in [-0.1, -0.05) is 0 Å². The zero-order valence-electron chi connectivity index (χ0n) is 10.9. The lowest BCUT2D eigenvalue weighted by atomic mass is 10.3. The third-order valence-electron chi connectivity index (χ3n) is 2.61. The van der Waals surface area contributed by atoms with Crippen molar-refractivity contribution < 1.29 is 13.2 Å². The maximum atomic E-state index is 12.1. The SMILES string of the molecule is CC(=O)Nc1ccc(S(=O)(=O)NCc2cc[nH]c2)cc1. The number of aromatic nitrogens is 1. The Morgan fingerprint density at radius 3 is 2.45 bits per heavy atom. The number of sulfonamides is 1. The van der Waals surface area contributed by atoms with Gasteiger partial charge in [-0.15, -0.1) is 0 Å². The smallest absolute Gasteiger partial charge is 0.240 e. The zero-order chi connectivity index (χ0) is 14.6. The number of amides is 1. The molecule has 1 amide bonds. The molecule has 0 aliphatic heterocycles. The number of aromatic amines is 1. The van der Waals surface area contributed by atoms with Crippen LogP contribution in [0.1, 0.15) is 12.5 Å². The Labute approximate surface area is 117 Å². The average molecular weight is 293 g/mol. The van der Waals surface area contributed by atoms with Crippen molar-refractivity contribution in [2.24, 2.45) is 0 Å². The van der Waals surface area contributed by atoms with Crippen molar-refractivity contribution in [1.82, 2.24) is 9.71 Å². The molecule has 20 heavy (non-hydrogen) atoms. The minimum atomic E-state index is -3.56. The summed E-state index contributed by atoms with van der Waals surface area (Å²) in [6.07, 6.45) is 3.45. The molecule has 0 saturated heterocycles. The zero-order valence-corrected chi connectivity index (χ0v) is 11.7. The summed E-state index contributed by atoms with van der Waals surface area (Å²) in [5, 5.41) is 2.58. The standard InChI is InChI=1S/C13H15N3O3S/c1-10(17)16-12-2-4-13(5-3-12)20(18,19)15-9-11-6-7-14-8-11/h2-8,14-15H,9H2,1H3,(H,16,17). The third-order valence-corrected chi connectivity index (χ3v) is 4.03. The summed E-state index contributed by atoms with van der Waals surface area (Å²) in [6, 6.07) is 7.79. The highest BCUT2D eigenvalue weighted by Crippen LogP contribution is 2.14. The summed E-state index contributed by atoms with van der Waals surface area (Å²) < 4.78 is 26.6. The van der Waals surface area contributed by atoms with Gasteiger partial charge in [0.05, 0.1) is 4.90 Å². The molecule has 0 atom stereocenters. The molecule has 0 spiro atoms. The Hall–Kier alpha value is -2.12. The number of anilines is 1. The first-order chi connectivity index (χ1) is 9.47. The summed E-state index contributed by atoms with van der Waals surface area (Å²) in [6.45, 7) is 1.61. The first-order valence-electron chi connectivity index (χ1n) is 5.96. The molecule has 0 aliphatic rings. The Morgan fingerprint density at radius 2 is 1.90 bits per heavy atom. The van der Waals surface area contributed by atoms with Gasteiger partial charge in [-0.2, -0.15) is 0 Å². The normalized spacial score (nSPS) is 11.2. The lowest BCUT2D eigenvalue weighted by molar-refractivity contribution is -0.114. The van der Waals surface area contributed by atoms with E-state index >= 15 is 0 Å². The van der Waals surface area contributed by atoms with E-state index in [2.05, 4.69) is 15.0 Å². The molecule has 106 valence electrons. The van der Waals surface area contributed by atoms with Gasteiger partial charge in [0, 0.05) is 31.5 Å². The third kappa shape index (κ3) is 3.69. The lowest BCUT2D eigenvalue weighted by Gasteiger charge is -2.07. The van der Waals surface area contributed by atoms with Crippen LogP contribution in [-0.4, -0.2) is 19.3 Å². The Kier molecular flexibility index (Phi) is 4.21. The molecule has 2 rings (SSSR count). The van der Waals surface area contributed by atoms with Crippen LogP contribution in [0.2, 0.25) is 0 Å². The summed E-state index contributed by atoms with van der Waals surface area (Å²) in [4.78, 5) is 13.9. The molecule has 1 aromatic heterocycles. The summed E-state index contributed by atoms with van der Waals surface area (Å²) in [5.41, 5.74) is 1.41. The second kappa shape index (κ2) is 5.89. The van der Waals surface area contributed by atoms with Crippen LogP contribution >= 0.6 is 0 Å². The molecule has 0 unspecified atom stereocenters. The van der Waals surface area contributed by atoms with Gasteiger partial charge in [-0.25, -0.2) is 13.1 Å². The predicted molar refractivity (Wildman–Crippen MR) is 75.6 cm³/mol. The molecule has 0 aliphatic carbocycles. The summed E-state index contributed by atoms with van der Waals surface area (Å²) in [5.74, 6) is -0.203. The molecular formula is C13H15N3O3S. The van der Waals surface area contributed by atoms with Gasteiger partial charge in [-0.3, -0.25) is 4.79 Å². The highest BCUT2D eigenvalue weighted by atomic mass is 32.2. The van der Waals surface area contributed by atoms with E-state index in [0.717, 1.165) is 5.56 Å². The first-order valence-corrected chi connectivity index (χ1v) is 7.45. The van der Waals surface area contributed by atoms with Crippen LogP contribution in [-0.2, 0) is 21.4 Å². The number of H-pyrrole nitrogens is 1. The number of hydrogen-bond donors (Lipinski definition) is 3. The minimum absolute atomic E-state index is 0.155. The number of carbonyl (C=O) groups is 1. The molecular weight excluding hydrogens is 278 g/mol. The Bertz CT molecular complexity index is 676. The quantitative estimate of drug-likeness (QED) is 0.779. The van der Waals surface area contributed by atoms with Crippen LogP contribution < -0.4 is 10.0 Å². The molecule has 0 bridgehead atoms. The molecule has 7 heteroatoms. The Balaban J connectivity index is 2.07. The van der Waals surface area contributed by atoms with Crippen molar-refractivity contribution in [2.45, 2.75) is 18.4 Å². The second-order valence-corrected chi connectivity index (χ2v) is 6.02. The number of carbonyl (C=O) groups excluding carboxylic acids is 1. The van der Waals surface area contributed by atoms with E-state index in [4.69, 9.17) is 0 Å². The molecule has 3 N–H and O–H groups in total. The fourth-order valence-corrected chi connectivity index (χ4v) is 2.67. The van der Waals surface area contributed by atoms with E-state index in [1.54, 1.807) is 30.6 Å². The van der Waals surface area contributed by atoms with Crippen molar-refractivity contribution in [3.63, 3.8) is 0 Å². The van der Waals surface area contributed by atoms with E-state index < -0.39 is 10.0 Å². The number of rotatable bonds is 5. The highest BCUT2D eigenvalue weighted by molar-refractivity contribution is 7.89. The summed E-state index contributed by atoms with van der Waals surface area (Å²) >= 11 is 0. The maximum absolute atomic E-state index is 12.1. The monoisotopic (exact) mass is 293 g/mol. The maximum Gasteiger partial charge on any atom is 0.240 e. The fourth-order valence-electron chi connectivity index (χ4n) is 1.65. The molecule has 0 saturated carbocycles. The number of hydrogen-bond acceptors (Lipinski definition) is 3. The highest BCUT2D eigenvalue weighted by Gasteiger charge is 2.13. The summed E-state index contributed by atoms with van der Waals surface area (Å²) in [7, 11) is -3.56. The van der Waals surface area contributed by atoms with Gasteiger partial charge in [0.25, 0.3) is 0 Å². The molecule has 0 radical (unpaired) electrons. The van der Waals surface area contributed by atoms with Crippen LogP contribution in [0.5, 0.6) is 0 Å². The first kappa shape index (κ1) is 14.3. The van der Waals surface area contributed by atoms with E-state index in [0.29, 0.717) is 5.69 Å². The Morgan fingerprint density at radius 1 is 1.20 bits per heavy atom. The molecule has 0 fully saturated rings. The molecule has 1 heterocycles. The van der Waals surface area contributed by atoms with E-state index in [1.165, 1.54) is 19.1 Å². The lowest BCUT2D eigenvalue weighted by Crippen LogP contribution is -2.23. The number of nitrogens with one attached hydrogen (secondary N) is 3. The van der Waals surface area contributed by atoms with Gasteiger partial charge >= 0.3 is 0 Å². The van der Waals surface area contributed by atoms with Crippen LogP contribution in [0.3, 0.4) is 0 Å². The van der Waals surface area contributed by atoms with Crippen LogP contribution in [0.4, 0.5) is 5.69 Å². The van der Waals surface area contributed by atoms with Gasteiger partial charge in [0.2, 0.25) is 15.9 Å². The second-order valence-electron chi connectivity index (χ2n) is 4.25. The van der Waals surface area contributed by atoms with Gasteiger partial charge in [-0.05, 0) is 35.9 Å². The largest absolute Gasteiger partial charge is 0.367 e. The van der Waals surface area contributed by atoms with Crippen molar-refractivity contribution in [3.8, 4) is 0 Å². The average Bonchev–Trinajstić information content (AvgIpc) is 2.89. The topological polar surface area (TPSA) is 91.1 Å². The van der Waals surface area contributed by atoms with Crippen molar-refractivity contribution >= 4 is 21.6 Å². The van der Waals surface area contributed by atoms with E-state index in [9.17, 15) is 13.2 Å². The van der Waals surface area contributed by atoms with Crippen LogP contribution in [0, 0.1) is 0 Å². The van der Waals surface area contributed by atoms with Gasteiger partial charge in [0.15, 0.2) is 0 Å². The van der Waals surface area contributed by atoms with Crippen LogP contribution in [0.25, 0.3) is 0 Å². The predicted octanol–water partition coefficient (Wildman–Crippen LogP) is 1.45. The van der Waals surface area contributed by atoms with Gasteiger partial charge in [0.1, 0.15) is 0 Å². The van der Waals surface area contributed by atoms with Gasteiger partial charge < -0.3 is 10.3 Å². The molecule has 6 nitrogen and oxygen atoms in total. The van der Waals surface area contributed by atoms with Crippen molar-refractivity contribution in [3.05, 3.63) is 48.3 Å². The number of benzene rings is 1. The minimum Gasteiger partial charge on any atom is -0.367 e.